The van der Waals surface area contributed by atoms with Gasteiger partial charge in [-0.3, -0.25) is 0 Å². The Kier molecular flexibility index (Phi) is 2.04. The second kappa shape index (κ2) is 3.29. The molecule has 1 saturated heterocycles. The SMILES string of the molecule is NC1C2CNC(Cc3ccc(F)cc3)C12. The van der Waals surface area contributed by atoms with Crippen LogP contribution in [0.25, 0.3) is 0 Å². The zero-order valence-corrected chi connectivity index (χ0v) is 8.49. The minimum Gasteiger partial charge on any atom is -0.327 e. The fourth-order valence-electron chi connectivity index (χ4n) is 2.77. The summed E-state index contributed by atoms with van der Waals surface area (Å²) < 4.78 is 12.7. The van der Waals surface area contributed by atoms with E-state index in [2.05, 4.69) is 5.32 Å². The number of benzene rings is 1. The number of piperidine rings is 1. The Bertz CT molecular complexity index is 362. The van der Waals surface area contributed by atoms with Gasteiger partial charge in [0.25, 0.3) is 0 Å². The van der Waals surface area contributed by atoms with Gasteiger partial charge >= 0.3 is 0 Å². The van der Waals surface area contributed by atoms with Crippen molar-refractivity contribution in [3.05, 3.63) is 35.6 Å². The average molecular weight is 206 g/mol. The highest BCUT2D eigenvalue weighted by atomic mass is 19.1. The lowest BCUT2D eigenvalue weighted by Crippen LogP contribution is -2.33. The van der Waals surface area contributed by atoms with E-state index in [0.29, 0.717) is 23.9 Å². The van der Waals surface area contributed by atoms with Crippen LogP contribution in [0, 0.1) is 17.7 Å². The second-order valence-corrected chi connectivity index (χ2v) is 4.66. The Morgan fingerprint density at radius 1 is 1.33 bits per heavy atom. The first-order valence-electron chi connectivity index (χ1n) is 5.49. The van der Waals surface area contributed by atoms with Gasteiger partial charge in [0.05, 0.1) is 0 Å². The molecule has 3 rings (SSSR count). The summed E-state index contributed by atoms with van der Waals surface area (Å²) in [4.78, 5) is 0. The molecule has 1 heterocycles. The topological polar surface area (TPSA) is 38.0 Å². The van der Waals surface area contributed by atoms with E-state index in [1.54, 1.807) is 0 Å². The molecule has 1 aromatic rings. The standard InChI is InChI=1S/C12H15FN2/c13-8-3-1-7(2-4-8)5-10-11-9(6-15-10)12(11)14/h1-4,9-12,15H,5-6,14H2. The van der Waals surface area contributed by atoms with Crippen LogP contribution < -0.4 is 11.1 Å². The average Bonchev–Trinajstić information content (AvgIpc) is 2.70. The number of rotatable bonds is 2. The van der Waals surface area contributed by atoms with E-state index < -0.39 is 0 Å². The van der Waals surface area contributed by atoms with Gasteiger partial charge in [-0.1, -0.05) is 12.1 Å². The first kappa shape index (κ1) is 9.31. The quantitative estimate of drug-likeness (QED) is 0.755. The van der Waals surface area contributed by atoms with Gasteiger partial charge in [0.15, 0.2) is 0 Å². The molecule has 15 heavy (non-hydrogen) atoms. The highest BCUT2D eigenvalue weighted by molar-refractivity contribution is 5.21. The number of hydrogen-bond donors (Lipinski definition) is 2. The van der Waals surface area contributed by atoms with Gasteiger partial charge in [0.1, 0.15) is 5.82 Å². The summed E-state index contributed by atoms with van der Waals surface area (Å²) in [7, 11) is 0. The molecule has 2 aliphatic rings. The predicted octanol–water partition coefficient (Wildman–Crippen LogP) is 0.913. The minimum atomic E-state index is -0.167. The number of nitrogens with two attached hydrogens (primary N) is 1. The summed E-state index contributed by atoms with van der Waals surface area (Å²) in [6.07, 6.45) is 0.967. The van der Waals surface area contributed by atoms with Crippen molar-refractivity contribution in [1.29, 1.82) is 0 Å². The van der Waals surface area contributed by atoms with Crippen molar-refractivity contribution in [1.82, 2.24) is 5.32 Å². The molecule has 1 aliphatic heterocycles. The van der Waals surface area contributed by atoms with Gasteiger partial charge in [-0.25, -0.2) is 4.39 Å². The maximum absolute atomic E-state index is 12.7. The highest BCUT2D eigenvalue weighted by Gasteiger charge is 2.55. The maximum Gasteiger partial charge on any atom is 0.123 e. The molecule has 3 heteroatoms. The van der Waals surface area contributed by atoms with Crippen LogP contribution in [0.4, 0.5) is 4.39 Å². The molecule has 4 atom stereocenters. The summed E-state index contributed by atoms with van der Waals surface area (Å²) in [5.74, 6) is 1.17. The van der Waals surface area contributed by atoms with Crippen LogP contribution in [0.5, 0.6) is 0 Å². The molecule has 1 aromatic carbocycles. The van der Waals surface area contributed by atoms with E-state index in [1.807, 2.05) is 12.1 Å². The van der Waals surface area contributed by atoms with Crippen LogP contribution in [-0.4, -0.2) is 18.6 Å². The van der Waals surface area contributed by atoms with Crippen molar-refractivity contribution in [2.24, 2.45) is 17.6 Å². The number of halogens is 1. The van der Waals surface area contributed by atoms with E-state index in [0.717, 1.165) is 13.0 Å². The molecule has 1 aliphatic carbocycles. The van der Waals surface area contributed by atoms with Crippen LogP contribution in [-0.2, 0) is 6.42 Å². The van der Waals surface area contributed by atoms with Crippen molar-refractivity contribution in [2.45, 2.75) is 18.5 Å². The Hall–Kier alpha value is -0.930. The number of nitrogens with one attached hydrogen (secondary N) is 1. The van der Waals surface area contributed by atoms with Gasteiger partial charge in [-0.15, -0.1) is 0 Å². The minimum absolute atomic E-state index is 0.167. The van der Waals surface area contributed by atoms with Crippen molar-refractivity contribution >= 4 is 0 Å². The maximum atomic E-state index is 12.7. The highest BCUT2D eigenvalue weighted by Crippen LogP contribution is 2.44. The Balaban J connectivity index is 1.68. The van der Waals surface area contributed by atoms with Crippen molar-refractivity contribution in [2.75, 3.05) is 6.54 Å². The van der Waals surface area contributed by atoms with Crippen LogP contribution in [0.3, 0.4) is 0 Å². The van der Waals surface area contributed by atoms with E-state index in [1.165, 1.54) is 17.7 Å². The molecule has 0 amide bonds. The van der Waals surface area contributed by atoms with Gasteiger partial charge < -0.3 is 11.1 Å². The van der Waals surface area contributed by atoms with Gasteiger partial charge in [0, 0.05) is 18.6 Å². The molecule has 2 fully saturated rings. The summed E-state index contributed by atoms with van der Waals surface area (Å²) in [5.41, 5.74) is 7.13. The third-order valence-corrected chi connectivity index (χ3v) is 3.74. The third kappa shape index (κ3) is 1.56. The predicted molar refractivity (Wildman–Crippen MR) is 56.9 cm³/mol. The third-order valence-electron chi connectivity index (χ3n) is 3.74. The van der Waals surface area contributed by atoms with Gasteiger partial charge in [-0.05, 0) is 36.0 Å². The van der Waals surface area contributed by atoms with E-state index in [9.17, 15) is 4.39 Å². The lowest BCUT2D eigenvalue weighted by Gasteiger charge is -2.14. The van der Waals surface area contributed by atoms with Gasteiger partial charge in [-0.2, -0.15) is 0 Å². The molecular weight excluding hydrogens is 191 g/mol. The molecule has 1 saturated carbocycles. The summed E-state index contributed by atoms with van der Waals surface area (Å²) in [6, 6.07) is 7.66. The lowest BCUT2D eigenvalue weighted by atomic mass is 10.0. The molecule has 0 bridgehead atoms. The molecule has 80 valence electrons. The van der Waals surface area contributed by atoms with Crippen molar-refractivity contribution in [3.63, 3.8) is 0 Å². The monoisotopic (exact) mass is 206 g/mol. The molecular formula is C12H15FN2. The Morgan fingerprint density at radius 3 is 2.67 bits per heavy atom. The summed E-state index contributed by atoms with van der Waals surface area (Å²) in [5, 5.41) is 3.48. The van der Waals surface area contributed by atoms with Crippen LogP contribution in [0.15, 0.2) is 24.3 Å². The van der Waals surface area contributed by atoms with Crippen molar-refractivity contribution in [3.8, 4) is 0 Å². The number of fused-ring (bicyclic) bond motifs is 1. The smallest absolute Gasteiger partial charge is 0.123 e. The molecule has 0 radical (unpaired) electrons. The Morgan fingerprint density at radius 2 is 2.07 bits per heavy atom. The second-order valence-electron chi connectivity index (χ2n) is 4.66. The van der Waals surface area contributed by atoms with E-state index >= 15 is 0 Å². The molecule has 0 aromatic heterocycles. The summed E-state index contributed by atoms with van der Waals surface area (Å²) in [6.45, 7) is 1.05. The zero-order valence-electron chi connectivity index (χ0n) is 8.49. The van der Waals surface area contributed by atoms with Crippen LogP contribution in [0.1, 0.15) is 5.56 Å². The first-order valence-corrected chi connectivity index (χ1v) is 5.49. The summed E-state index contributed by atoms with van der Waals surface area (Å²) >= 11 is 0. The number of hydrogen-bond acceptors (Lipinski definition) is 2. The van der Waals surface area contributed by atoms with Crippen LogP contribution in [0.2, 0.25) is 0 Å². The van der Waals surface area contributed by atoms with Gasteiger partial charge in [0.2, 0.25) is 0 Å². The van der Waals surface area contributed by atoms with E-state index in [4.69, 9.17) is 5.73 Å². The fraction of sp³-hybridized carbons (Fsp3) is 0.500. The lowest BCUT2D eigenvalue weighted by molar-refractivity contribution is 0.510. The molecule has 2 nitrogen and oxygen atoms in total. The largest absolute Gasteiger partial charge is 0.327 e. The molecule has 3 N–H and O–H groups in total. The fourth-order valence-corrected chi connectivity index (χ4v) is 2.77. The first-order chi connectivity index (χ1) is 7.25. The molecule has 4 unspecified atom stereocenters. The normalized spacial score (nSPS) is 37.7. The Labute approximate surface area is 88.7 Å². The van der Waals surface area contributed by atoms with E-state index in [-0.39, 0.29) is 5.82 Å². The molecule has 0 spiro atoms. The zero-order chi connectivity index (χ0) is 10.4. The van der Waals surface area contributed by atoms with Crippen LogP contribution >= 0.6 is 0 Å². The van der Waals surface area contributed by atoms with Crippen molar-refractivity contribution < 1.29 is 4.39 Å².